The van der Waals surface area contributed by atoms with Crippen molar-refractivity contribution in [3.8, 4) is 0 Å². The van der Waals surface area contributed by atoms with E-state index in [4.69, 9.17) is 5.11 Å². The fourth-order valence-corrected chi connectivity index (χ4v) is 1.06. The average Bonchev–Trinajstić information content (AvgIpc) is 2.15. The van der Waals surface area contributed by atoms with E-state index >= 15 is 0 Å². The molecule has 0 radical (unpaired) electrons. The van der Waals surface area contributed by atoms with Gasteiger partial charge in [0.05, 0.1) is 0 Å². The van der Waals surface area contributed by atoms with Crippen molar-refractivity contribution >= 4 is 14.1 Å². The van der Waals surface area contributed by atoms with Crippen LogP contribution in [0.4, 0.5) is 0 Å². The predicted molar refractivity (Wildman–Crippen MR) is 49.1 cm³/mol. The summed E-state index contributed by atoms with van der Waals surface area (Å²) in [6.45, 7) is 0. The van der Waals surface area contributed by atoms with Crippen LogP contribution in [-0.2, 0) is 4.57 Å². The Morgan fingerprint density at radius 3 is 2.43 bits per heavy atom. The molecule has 68 valence electrons. The summed E-state index contributed by atoms with van der Waals surface area (Å²) in [5, 5.41) is 8.90. The summed E-state index contributed by atoms with van der Waals surface area (Å²) in [5.41, 5.74) is 0.860. The standard InChI is InChI=1S/C9H9O3P.Na/c10-9(13(11)12)7-6-8-4-2-1-3-5-8;/h1-7,9-10H;/q;+1. The Balaban J connectivity index is 0.00000169. The predicted octanol–water partition coefficient (Wildman–Crippen LogP) is -1.88. The molecule has 14 heavy (non-hydrogen) atoms. The second-order valence-electron chi connectivity index (χ2n) is 2.47. The van der Waals surface area contributed by atoms with Crippen LogP contribution in [-0.4, -0.2) is 11.0 Å². The summed E-state index contributed by atoms with van der Waals surface area (Å²) in [4.78, 5) is 10.3. The Labute approximate surface area is 106 Å². The Bertz CT molecular complexity index is 313. The van der Waals surface area contributed by atoms with E-state index in [9.17, 15) is 9.46 Å². The summed E-state index contributed by atoms with van der Waals surface area (Å²) in [6.07, 6.45) is 2.80. The van der Waals surface area contributed by atoms with Crippen molar-refractivity contribution in [1.82, 2.24) is 0 Å². The number of aliphatic hydroxyl groups excluding tert-OH is 1. The first-order chi connectivity index (χ1) is 6.20. The molecule has 1 aromatic carbocycles. The van der Waals surface area contributed by atoms with E-state index in [1.165, 1.54) is 6.08 Å². The minimum absolute atomic E-state index is 0. The van der Waals surface area contributed by atoms with Crippen LogP contribution < -0.4 is 34.5 Å². The molecule has 1 rings (SSSR count). The molecule has 1 aromatic rings. The van der Waals surface area contributed by atoms with Crippen molar-refractivity contribution in [2.24, 2.45) is 0 Å². The van der Waals surface area contributed by atoms with Gasteiger partial charge in [0.25, 0.3) is 5.85 Å². The molecule has 1 N–H and O–H groups in total. The van der Waals surface area contributed by atoms with Crippen molar-refractivity contribution in [2.45, 2.75) is 5.85 Å². The zero-order valence-electron chi connectivity index (χ0n) is 7.83. The fourth-order valence-electron chi connectivity index (χ4n) is 0.832. The van der Waals surface area contributed by atoms with Crippen molar-refractivity contribution in [2.75, 3.05) is 0 Å². The molecule has 2 atom stereocenters. The molecular weight excluding hydrogens is 210 g/mol. The number of hydrogen-bond acceptors (Lipinski definition) is 3. The zero-order valence-corrected chi connectivity index (χ0v) is 10.7. The smallest absolute Gasteiger partial charge is 0.593 e. The second kappa shape index (κ2) is 7.30. The Morgan fingerprint density at radius 2 is 1.93 bits per heavy atom. The quantitative estimate of drug-likeness (QED) is 0.478. The molecule has 5 heteroatoms. The zero-order chi connectivity index (χ0) is 9.68. The average molecular weight is 219 g/mol. The molecule has 0 saturated heterocycles. The monoisotopic (exact) mass is 219 g/mol. The molecule has 0 heterocycles. The van der Waals surface area contributed by atoms with E-state index in [0.717, 1.165) is 5.56 Å². The summed E-state index contributed by atoms with van der Waals surface area (Å²) in [5.74, 6) is -1.39. The minimum Gasteiger partial charge on any atom is -0.593 e. The van der Waals surface area contributed by atoms with Crippen LogP contribution >= 0.6 is 8.03 Å². The maximum atomic E-state index is 10.3. The number of hydrogen-bond donors (Lipinski definition) is 1. The van der Waals surface area contributed by atoms with Gasteiger partial charge in [0.15, 0.2) is 0 Å². The van der Waals surface area contributed by atoms with Gasteiger partial charge in [0, 0.05) is 0 Å². The van der Waals surface area contributed by atoms with Crippen LogP contribution in [0.15, 0.2) is 36.4 Å². The molecule has 0 fully saturated rings. The van der Waals surface area contributed by atoms with Crippen molar-refractivity contribution in [3.05, 3.63) is 42.0 Å². The van der Waals surface area contributed by atoms with Crippen molar-refractivity contribution in [3.63, 3.8) is 0 Å². The number of rotatable bonds is 3. The van der Waals surface area contributed by atoms with Gasteiger partial charge >= 0.3 is 37.6 Å². The maximum absolute atomic E-state index is 10.3. The van der Waals surface area contributed by atoms with Gasteiger partial charge in [-0.1, -0.05) is 41.0 Å². The summed E-state index contributed by atoms with van der Waals surface area (Å²) >= 11 is 0. The molecule has 0 aliphatic carbocycles. The van der Waals surface area contributed by atoms with Gasteiger partial charge in [-0.25, -0.2) is 0 Å². The Hall–Kier alpha value is -0.0200. The molecule has 0 aromatic heterocycles. The molecule has 0 aliphatic heterocycles. The molecule has 0 amide bonds. The summed E-state index contributed by atoms with van der Waals surface area (Å²) < 4.78 is 10.3. The van der Waals surface area contributed by atoms with Crippen LogP contribution in [0.3, 0.4) is 0 Å². The first-order valence-corrected chi connectivity index (χ1v) is 4.99. The molecule has 2 unspecified atom stereocenters. The van der Waals surface area contributed by atoms with E-state index in [0.29, 0.717) is 0 Å². The van der Waals surface area contributed by atoms with E-state index in [2.05, 4.69) is 0 Å². The minimum atomic E-state index is -2.79. The Kier molecular flexibility index (Phi) is 7.28. The normalized spacial score (nSPS) is 13.4. The third-order valence-corrected chi connectivity index (χ3v) is 2.08. The molecule has 0 aliphatic rings. The topological polar surface area (TPSA) is 60.4 Å². The third-order valence-electron chi connectivity index (χ3n) is 1.48. The second-order valence-corrected chi connectivity index (χ2v) is 3.57. The van der Waals surface area contributed by atoms with E-state index in [-0.39, 0.29) is 29.6 Å². The Morgan fingerprint density at radius 1 is 1.36 bits per heavy atom. The van der Waals surface area contributed by atoms with E-state index in [1.807, 2.05) is 30.3 Å². The van der Waals surface area contributed by atoms with Gasteiger partial charge in [-0.2, -0.15) is 0 Å². The van der Waals surface area contributed by atoms with Crippen LogP contribution in [0.1, 0.15) is 5.56 Å². The molecule has 0 bridgehead atoms. The largest absolute Gasteiger partial charge is 1.00 e. The van der Waals surface area contributed by atoms with Crippen molar-refractivity contribution in [1.29, 1.82) is 0 Å². The van der Waals surface area contributed by atoms with Gasteiger partial charge in [-0.05, 0) is 11.6 Å². The van der Waals surface area contributed by atoms with Crippen molar-refractivity contribution < 1.29 is 44.1 Å². The molecule has 3 nitrogen and oxygen atoms in total. The maximum Gasteiger partial charge on any atom is 1.00 e. The molecule has 0 saturated carbocycles. The van der Waals surface area contributed by atoms with Gasteiger partial charge in [-0.15, -0.1) is 0 Å². The van der Waals surface area contributed by atoms with Gasteiger partial charge in [-0.3, -0.25) is 0 Å². The van der Waals surface area contributed by atoms with Crippen LogP contribution in [0.2, 0.25) is 0 Å². The molecular formula is C9H9NaO3P+. The fraction of sp³-hybridized carbons (Fsp3) is 0.111. The molecule has 0 spiro atoms. The van der Waals surface area contributed by atoms with Gasteiger partial charge in [0.2, 0.25) is 0 Å². The summed E-state index contributed by atoms with van der Waals surface area (Å²) in [6, 6.07) is 9.18. The van der Waals surface area contributed by atoms with Crippen LogP contribution in [0.5, 0.6) is 0 Å². The van der Waals surface area contributed by atoms with E-state index in [1.54, 1.807) is 6.08 Å². The first kappa shape index (κ1) is 14.0. The van der Waals surface area contributed by atoms with E-state index < -0.39 is 13.9 Å². The third kappa shape index (κ3) is 5.01. The van der Waals surface area contributed by atoms with Crippen LogP contribution in [0, 0.1) is 0 Å². The summed E-state index contributed by atoms with van der Waals surface area (Å²) in [7, 11) is -2.79. The first-order valence-electron chi connectivity index (χ1n) is 3.75. The SMILES string of the molecule is O=[P+]([O-])C(O)C=Cc1ccccc1.[Na+]. The number of benzene rings is 1. The number of aliphatic hydroxyl groups is 1. The van der Waals surface area contributed by atoms with Gasteiger partial charge in [0.1, 0.15) is 0 Å². The van der Waals surface area contributed by atoms with Crippen LogP contribution in [0.25, 0.3) is 6.08 Å². The van der Waals surface area contributed by atoms with Gasteiger partial charge < -0.3 is 10.00 Å².